The van der Waals surface area contributed by atoms with Crippen molar-refractivity contribution in [3.8, 4) is 22.8 Å². The summed E-state index contributed by atoms with van der Waals surface area (Å²) in [4.78, 5) is 4.28. The predicted octanol–water partition coefficient (Wildman–Crippen LogP) is 4.73. The first-order valence-electron chi connectivity index (χ1n) is 8.60. The molecule has 3 aromatic rings. The van der Waals surface area contributed by atoms with E-state index >= 15 is 0 Å². The molecule has 0 spiro atoms. The number of hydrogen-bond acceptors (Lipinski definition) is 4. The summed E-state index contributed by atoms with van der Waals surface area (Å²) >= 11 is 0. The molecule has 4 nitrogen and oxygen atoms in total. The third-order valence-electron chi connectivity index (χ3n) is 3.97. The van der Waals surface area contributed by atoms with E-state index in [1.165, 1.54) is 6.07 Å². The molecule has 0 saturated heterocycles. The van der Waals surface area contributed by atoms with Gasteiger partial charge in [0, 0.05) is 29.9 Å². The normalized spacial score (nSPS) is 11.3. The molecule has 28 heavy (non-hydrogen) atoms. The van der Waals surface area contributed by atoms with Crippen LogP contribution in [0, 0.1) is 0 Å². The fraction of sp³-hybridized carbons (Fsp3) is 0.190. The van der Waals surface area contributed by atoms with Gasteiger partial charge in [0.2, 0.25) is 5.88 Å². The molecule has 1 heterocycles. The highest BCUT2D eigenvalue weighted by atomic mass is 19.4. The van der Waals surface area contributed by atoms with Gasteiger partial charge in [-0.1, -0.05) is 36.4 Å². The van der Waals surface area contributed by atoms with Crippen LogP contribution in [0.3, 0.4) is 0 Å². The molecule has 0 aliphatic rings. The molecule has 2 aromatic carbocycles. The van der Waals surface area contributed by atoms with E-state index in [9.17, 15) is 13.2 Å². The number of ether oxygens (including phenoxy) is 2. The molecule has 0 aliphatic heterocycles. The van der Waals surface area contributed by atoms with Crippen LogP contribution in [0.5, 0.6) is 11.6 Å². The van der Waals surface area contributed by atoms with Crippen molar-refractivity contribution in [2.75, 3.05) is 6.61 Å². The van der Waals surface area contributed by atoms with Crippen LogP contribution in [0.15, 0.2) is 66.9 Å². The lowest BCUT2D eigenvalue weighted by Gasteiger charge is -2.14. The average Bonchev–Trinajstić information content (AvgIpc) is 2.71. The van der Waals surface area contributed by atoms with E-state index in [0.717, 1.165) is 16.7 Å². The summed E-state index contributed by atoms with van der Waals surface area (Å²) in [6, 6.07) is 18.2. The van der Waals surface area contributed by atoms with E-state index in [-0.39, 0.29) is 12.3 Å². The van der Waals surface area contributed by atoms with Gasteiger partial charge in [-0.3, -0.25) is 0 Å². The predicted molar refractivity (Wildman–Crippen MR) is 99.9 cm³/mol. The van der Waals surface area contributed by atoms with Gasteiger partial charge in [-0.05, 0) is 29.3 Å². The monoisotopic (exact) mass is 388 g/mol. The highest BCUT2D eigenvalue weighted by molar-refractivity contribution is 5.65. The first-order valence-corrected chi connectivity index (χ1v) is 8.60. The lowest BCUT2D eigenvalue weighted by atomic mass is 10.0. The number of aromatic nitrogens is 1. The summed E-state index contributed by atoms with van der Waals surface area (Å²) in [6.07, 6.45) is -2.75. The molecule has 0 fully saturated rings. The lowest BCUT2D eigenvalue weighted by molar-refractivity contribution is -0.153. The van der Waals surface area contributed by atoms with Crippen molar-refractivity contribution < 1.29 is 22.6 Å². The van der Waals surface area contributed by atoms with Crippen molar-refractivity contribution in [3.63, 3.8) is 0 Å². The standard InChI is InChI=1S/C21H19F3N2O2/c22-21(23,24)14-28-19-8-6-16(10-18(19)11-25)17-7-9-20(26-12-17)27-13-15-4-2-1-3-5-15/h1-10,12H,11,13-14,25H2. The van der Waals surface area contributed by atoms with E-state index < -0.39 is 12.8 Å². The van der Waals surface area contributed by atoms with E-state index in [1.54, 1.807) is 24.4 Å². The van der Waals surface area contributed by atoms with Crippen LogP contribution >= 0.6 is 0 Å². The van der Waals surface area contributed by atoms with Crippen molar-refractivity contribution >= 4 is 0 Å². The zero-order chi connectivity index (χ0) is 20.0. The first-order chi connectivity index (χ1) is 13.4. The molecule has 0 amide bonds. The Morgan fingerprint density at radius 1 is 0.893 bits per heavy atom. The molecule has 1 aromatic heterocycles. The van der Waals surface area contributed by atoms with Gasteiger partial charge < -0.3 is 15.2 Å². The minimum absolute atomic E-state index is 0.0622. The minimum Gasteiger partial charge on any atom is -0.484 e. The number of nitrogens with two attached hydrogens (primary N) is 1. The molecule has 2 N–H and O–H groups in total. The van der Waals surface area contributed by atoms with Gasteiger partial charge in [0.1, 0.15) is 12.4 Å². The maximum Gasteiger partial charge on any atom is 0.422 e. The summed E-state index contributed by atoms with van der Waals surface area (Å²) in [6.45, 7) is -0.878. The number of nitrogens with zero attached hydrogens (tertiary/aromatic N) is 1. The third-order valence-corrected chi connectivity index (χ3v) is 3.97. The number of pyridine rings is 1. The Morgan fingerprint density at radius 2 is 1.64 bits per heavy atom. The maximum absolute atomic E-state index is 12.4. The van der Waals surface area contributed by atoms with Gasteiger partial charge in [0.05, 0.1) is 0 Å². The van der Waals surface area contributed by atoms with Crippen LogP contribution < -0.4 is 15.2 Å². The third kappa shape index (κ3) is 5.47. The Labute approximate surface area is 160 Å². The quantitative estimate of drug-likeness (QED) is 0.636. The molecule has 3 rings (SSSR count). The van der Waals surface area contributed by atoms with E-state index in [4.69, 9.17) is 15.2 Å². The summed E-state index contributed by atoms with van der Waals surface area (Å²) in [5.41, 5.74) is 8.76. The molecule has 0 saturated carbocycles. The Hall–Kier alpha value is -3.06. The zero-order valence-corrected chi connectivity index (χ0v) is 14.9. The van der Waals surface area contributed by atoms with Crippen LogP contribution in [0.25, 0.3) is 11.1 Å². The molecule has 0 bridgehead atoms. The molecular formula is C21H19F3N2O2. The summed E-state index contributed by atoms with van der Waals surface area (Å²) in [5.74, 6) is 0.608. The second-order valence-electron chi connectivity index (χ2n) is 6.09. The maximum atomic E-state index is 12.4. The van der Waals surface area contributed by atoms with Crippen molar-refractivity contribution in [2.24, 2.45) is 5.73 Å². The van der Waals surface area contributed by atoms with E-state index in [2.05, 4.69) is 4.98 Å². The minimum atomic E-state index is -4.40. The van der Waals surface area contributed by atoms with Crippen LogP contribution in [-0.4, -0.2) is 17.8 Å². The Morgan fingerprint density at radius 3 is 2.29 bits per heavy atom. The number of hydrogen-bond donors (Lipinski definition) is 1. The van der Waals surface area contributed by atoms with Crippen molar-refractivity contribution in [1.29, 1.82) is 0 Å². The van der Waals surface area contributed by atoms with Gasteiger partial charge in [-0.25, -0.2) is 4.98 Å². The van der Waals surface area contributed by atoms with Crippen LogP contribution in [-0.2, 0) is 13.2 Å². The number of alkyl halides is 3. The topological polar surface area (TPSA) is 57.4 Å². The Bertz CT molecular complexity index is 898. The molecule has 0 atom stereocenters. The van der Waals surface area contributed by atoms with Crippen molar-refractivity contribution in [2.45, 2.75) is 19.3 Å². The molecule has 146 valence electrons. The van der Waals surface area contributed by atoms with Crippen LogP contribution in [0.1, 0.15) is 11.1 Å². The molecular weight excluding hydrogens is 369 g/mol. The van der Waals surface area contributed by atoms with Crippen molar-refractivity contribution in [1.82, 2.24) is 4.98 Å². The van der Waals surface area contributed by atoms with Crippen molar-refractivity contribution in [3.05, 3.63) is 78.0 Å². The second-order valence-corrected chi connectivity index (χ2v) is 6.09. The smallest absolute Gasteiger partial charge is 0.422 e. The zero-order valence-electron chi connectivity index (χ0n) is 14.9. The Balaban J connectivity index is 1.69. The van der Waals surface area contributed by atoms with Gasteiger partial charge in [0.25, 0.3) is 0 Å². The Kier molecular flexibility index (Phi) is 6.16. The highest BCUT2D eigenvalue weighted by Crippen LogP contribution is 2.28. The molecule has 0 unspecified atom stereocenters. The summed E-state index contributed by atoms with van der Waals surface area (Å²) in [5, 5.41) is 0. The van der Waals surface area contributed by atoms with Gasteiger partial charge >= 0.3 is 6.18 Å². The number of halogens is 3. The highest BCUT2D eigenvalue weighted by Gasteiger charge is 2.28. The van der Waals surface area contributed by atoms with E-state index in [1.807, 2.05) is 36.4 Å². The largest absolute Gasteiger partial charge is 0.484 e. The van der Waals surface area contributed by atoms with Crippen LogP contribution in [0.2, 0.25) is 0 Å². The van der Waals surface area contributed by atoms with Gasteiger partial charge in [-0.2, -0.15) is 13.2 Å². The lowest BCUT2D eigenvalue weighted by Crippen LogP contribution is -2.20. The fourth-order valence-electron chi connectivity index (χ4n) is 2.59. The first kappa shape index (κ1) is 19.7. The molecule has 0 aliphatic carbocycles. The fourth-order valence-corrected chi connectivity index (χ4v) is 2.59. The number of benzene rings is 2. The average molecular weight is 388 g/mol. The number of rotatable bonds is 7. The van der Waals surface area contributed by atoms with Crippen LogP contribution in [0.4, 0.5) is 13.2 Å². The second kappa shape index (κ2) is 8.75. The summed E-state index contributed by atoms with van der Waals surface area (Å²) < 4.78 is 47.6. The van der Waals surface area contributed by atoms with E-state index in [0.29, 0.717) is 18.1 Å². The van der Waals surface area contributed by atoms with Gasteiger partial charge in [0.15, 0.2) is 6.61 Å². The SMILES string of the molecule is NCc1cc(-c2ccc(OCc3ccccc3)nc2)ccc1OCC(F)(F)F. The molecule has 7 heteroatoms. The molecule has 0 radical (unpaired) electrons. The summed E-state index contributed by atoms with van der Waals surface area (Å²) in [7, 11) is 0. The van der Waals surface area contributed by atoms with Gasteiger partial charge in [-0.15, -0.1) is 0 Å².